The predicted molar refractivity (Wildman–Crippen MR) is 54.7 cm³/mol. The zero-order valence-electron chi connectivity index (χ0n) is 8.75. The van der Waals surface area contributed by atoms with Crippen LogP contribution in [0.15, 0.2) is 24.3 Å². The highest BCUT2D eigenvalue weighted by atomic mass is 19.1. The normalized spacial score (nSPS) is 15.1. The second-order valence-corrected chi connectivity index (χ2v) is 3.26. The number of likely N-dealkylation sites (N-methyl/N-ethyl adjacent to an activating group) is 1. The van der Waals surface area contributed by atoms with Gasteiger partial charge < -0.3 is 10.1 Å². The van der Waals surface area contributed by atoms with Gasteiger partial charge >= 0.3 is 0 Å². The van der Waals surface area contributed by atoms with Crippen LogP contribution in [0.3, 0.4) is 0 Å². The van der Waals surface area contributed by atoms with E-state index in [0.29, 0.717) is 0 Å². The second-order valence-electron chi connectivity index (χ2n) is 3.26. The van der Waals surface area contributed by atoms with Crippen LogP contribution in [0.25, 0.3) is 0 Å². The van der Waals surface area contributed by atoms with Gasteiger partial charge in [-0.15, -0.1) is 0 Å². The number of methoxy groups -OCH3 is 1. The number of halogens is 1. The molecule has 2 nitrogen and oxygen atoms in total. The minimum absolute atomic E-state index is 0.0606. The molecule has 0 heterocycles. The highest BCUT2D eigenvalue weighted by Crippen LogP contribution is 2.18. The molecule has 0 amide bonds. The number of benzene rings is 1. The summed E-state index contributed by atoms with van der Waals surface area (Å²) in [6, 6.07) is 6.56. The third-order valence-electron chi connectivity index (χ3n) is 2.38. The van der Waals surface area contributed by atoms with Crippen LogP contribution in [0.1, 0.15) is 18.5 Å². The Hall–Kier alpha value is -0.930. The lowest BCUT2D eigenvalue weighted by atomic mass is 10.0. The van der Waals surface area contributed by atoms with Gasteiger partial charge in [0.15, 0.2) is 0 Å². The van der Waals surface area contributed by atoms with Crippen LogP contribution < -0.4 is 5.32 Å². The molecule has 3 heteroatoms. The third kappa shape index (κ3) is 2.53. The van der Waals surface area contributed by atoms with Crippen molar-refractivity contribution in [1.82, 2.24) is 5.32 Å². The van der Waals surface area contributed by atoms with E-state index in [1.54, 1.807) is 19.2 Å². The summed E-state index contributed by atoms with van der Waals surface area (Å²) in [5.41, 5.74) is 1.03. The first-order valence-electron chi connectivity index (χ1n) is 4.64. The standard InChI is InChI=1S/C11H16FNO/c1-8(14-3)11(13-2)9-4-6-10(12)7-5-9/h4-8,11,13H,1-3H3. The monoisotopic (exact) mass is 197 g/mol. The molecule has 1 aromatic rings. The van der Waals surface area contributed by atoms with Crippen LogP contribution >= 0.6 is 0 Å². The molecule has 0 saturated heterocycles. The smallest absolute Gasteiger partial charge is 0.123 e. The molecule has 0 spiro atoms. The van der Waals surface area contributed by atoms with E-state index in [0.717, 1.165) is 5.56 Å². The van der Waals surface area contributed by atoms with Gasteiger partial charge in [0, 0.05) is 7.11 Å². The lowest BCUT2D eigenvalue weighted by Crippen LogP contribution is -2.28. The number of ether oxygens (including phenoxy) is 1. The minimum atomic E-state index is -0.214. The molecule has 0 saturated carbocycles. The molecule has 0 aliphatic rings. The maximum absolute atomic E-state index is 12.7. The Bertz CT molecular complexity index is 273. The van der Waals surface area contributed by atoms with Gasteiger partial charge in [0.2, 0.25) is 0 Å². The highest BCUT2D eigenvalue weighted by molar-refractivity contribution is 5.20. The lowest BCUT2D eigenvalue weighted by Gasteiger charge is -2.22. The van der Waals surface area contributed by atoms with Gasteiger partial charge in [-0.1, -0.05) is 12.1 Å². The first-order chi connectivity index (χ1) is 6.69. The quantitative estimate of drug-likeness (QED) is 0.798. The van der Waals surface area contributed by atoms with Crippen molar-refractivity contribution in [3.8, 4) is 0 Å². The van der Waals surface area contributed by atoms with E-state index in [4.69, 9.17) is 4.74 Å². The zero-order valence-corrected chi connectivity index (χ0v) is 8.75. The number of rotatable bonds is 4. The molecule has 0 radical (unpaired) electrons. The molecule has 0 bridgehead atoms. The lowest BCUT2D eigenvalue weighted by molar-refractivity contribution is 0.0856. The number of hydrogen-bond donors (Lipinski definition) is 1. The van der Waals surface area contributed by atoms with Crippen molar-refractivity contribution in [2.24, 2.45) is 0 Å². The Balaban J connectivity index is 2.84. The van der Waals surface area contributed by atoms with Crippen molar-refractivity contribution in [3.05, 3.63) is 35.6 Å². The first kappa shape index (κ1) is 11.1. The number of nitrogens with one attached hydrogen (secondary N) is 1. The maximum Gasteiger partial charge on any atom is 0.123 e. The summed E-state index contributed by atoms with van der Waals surface area (Å²) in [6.07, 6.45) is 0.0606. The molecule has 2 atom stereocenters. The van der Waals surface area contributed by atoms with Crippen LogP contribution in [0, 0.1) is 5.82 Å². The van der Waals surface area contributed by atoms with Gasteiger partial charge in [0.05, 0.1) is 12.1 Å². The fourth-order valence-electron chi connectivity index (χ4n) is 1.48. The summed E-state index contributed by atoms with van der Waals surface area (Å²) in [7, 11) is 3.53. The summed E-state index contributed by atoms with van der Waals surface area (Å²) in [5, 5.41) is 3.14. The summed E-state index contributed by atoms with van der Waals surface area (Å²) in [4.78, 5) is 0. The van der Waals surface area contributed by atoms with Crippen molar-refractivity contribution >= 4 is 0 Å². The Kier molecular flexibility index (Phi) is 4.04. The number of hydrogen-bond acceptors (Lipinski definition) is 2. The van der Waals surface area contributed by atoms with E-state index in [9.17, 15) is 4.39 Å². The van der Waals surface area contributed by atoms with Gasteiger partial charge in [0.25, 0.3) is 0 Å². The summed E-state index contributed by atoms with van der Waals surface area (Å²) < 4.78 is 17.9. The van der Waals surface area contributed by atoms with E-state index >= 15 is 0 Å². The molecular weight excluding hydrogens is 181 g/mol. The third-order valence-corrected chi connectivity index (χ3v) is 2.38. The molecule has 0 aliphatic heterocycles. The fourth-order valence-corrected chi connectivity index (χ4v) is 1.48. The first-order valence-corrected chi connectivity index (χ1v) is 4.64. The Morgan fingerprint density at radius 1 is 1.29 bits per heavy atom. The predicted octanol–water partition coefficient (Wildman–Crippen LogP) is 2.12. The van der Waals surface area contributed by atoms with E-state index in [-0.39, 0.29) is 18.0 Å². The van der Waals surface area contributed by atoms with Gasteiger partial charge in [-0.05, 0) is 31.7 Å². The van der Waals surface area contributed by atoms with E-state index < -0.39 is 0 Å². The molecule has 0 fully saturated rings. The zero-order chi connectivity index (χ0) is 10.6. The van der Waals surface area contributed by atoms with Gasteiger partial charge in [-0.25, -0.2) is 4.39 Å². The average Bonchev–Trinajstić information content (AvgIpc) is 2.21. The second kappa shape index (κ2) is 5.08. The molecule has 2 unspecified atom stereocenters. The Morgan fingerprint density at radius 3 is 2.29 bits per heavy atom. The largest absolute Gasteiger partial charge is 0.380 e. The van der Waals surface area contributed by atoms with Crippen molar-refractivity contribution in [2.45, 2.75) is 19.1 Å². The minimum Gasteiger partial charge on any atom is -0.380 e. The van der Waals surface area contributed by atoms with Crippen molar-refractivity contribution in [1.29, 1.82) is 0 Å². The van der Waals surface area contributed by atoms with Gasteiger partial charge in [-0.2, -0.15) is 0 Å². The molecule has 1 rings (SSSR count). The van der Waals surface area contributed by atoms with E-state index in [2.05, 4.69) is 5.32 Å². The maximum atomic E-state index is 12.7. The molecule has 0 aromatic heterocycles. The highest BCUT2D eigenvalue weighted by Gasteiger charge is 2.16. The van der Waals surface area contributed by atoms with Gasteiger partial charge in [0.1, 0.15) is 5.82 Å². The topological polar surface area (TPSA) is 21.3 Å². The summed E-state index contributed by atoms with van der Waals surface area (Å²) >= 11 is 0. The molecule has 14 heavy (non-hydrogen) atoms. The Morgan fingerprint density at radius 2 is 1.86 bits per heavy atom. The van der Waals surface area contributed by atoms with Crippen LogP contribution in [0.5, 0.6) is 0 Å². The Labute approximate surface area is 84.1 Å². The van der Waals surface area contributed by atoms with Crippen LogP contribution in [0.2, 0.25) is 0 Å². The molecule has 1 aromatic carbocycles. The van der Waals surface area contributed by atoms with Crippen LogP contribution in [-0.2, 0) is 4.74 Å². The SMILES string of the molecule is CNC(c1ccc(F)cc1)C(C)OC. The summed E-state index contributed by atoms with van der Waals surface area (Å²) in [5.74, 6) is -0.214. The van der Waals surface area contributed by atoms with Crippen molar-refractivity contribution < 1.29 is 9.13 Å². The summed E-state index contributed by atoms with van der Waals surface area (Å²) in [6.45, 7) is 1.98. The van der Waals surface area contributed by atoms with Crippen molar-refractivity contribution in [2.75, 3.05) is 14.2 Å². The van der Waals surface area contributed by atoms with E-state index in [1.807, 2.05) is 14.0 Å². The van der Waals surface area contributed by atoms with Gasteiger partial charge in [-0.3, -0.25) is 0 Å². The fraction of sp³-hybridized carbons (Fsp3) is 0.455. The molecular formula is C11H16FNO. The van der Waals surface area contributed by atoms with Crippen molar-refractivity contribution in [3.63, 3.8) is 0 Å². The average molecular weight is 197 g/mol. The van der Waals surface area contributed by atoms with E-state index in [1.165, 1.54) is 12.1 Å². The molecule has 1 N–H and O–H groups in total. The van der Waals surface area contributed by atoms with Crippen LogP contribution in [-0.4, -0.2) is 20.3 Å². The molecule has 78 valence electrons. The van der Waals surface area contributed by atoms with Crippen LogP contribution in [0.4, 0.5) is 4.39 Å². The molecule has 0 aliphatic carbocycles.